The Morgan fingerprint density at radius 2 is 2.18 bits per heavy atom. The molecule has 1 unspecified atom stereocenters. The van der Waals surface area contributed by atoms with Crippen LogP contribution in [0.4, 0.5) is 4.39 Å². The average molecular weight is 239 g/mol. The predicted octanol–water partition coefficient (Wildman–Crippen LogP) is 2.56. The molecule has 1 atom stereocenters. The van der Waals surface area contributed by atoms with Crippen LogP contribution in [0.25, 0.3) is 0 Å². The van der Waals surface area contributed by atoms with E-state index < -0.39 is 12.0 Å². The summed E-state index contributed by atoms with van der Waals surface area (Å²) in [5.74, 6) is -1.19. The third-order valence-corrected chi connectivity index (χ3v) is 2.64. The molecule has 0 aliphatic carbocycles. The second-order valence-electron chi connectivity index (χ2n) is 4.01. The van der Waals surface area contributed by atoms with Crippen molar-refractivity contribution in [2.24, 2.45) is 0 Å². The van der Waals surface area contributed by atoms with E-state index in [0.717, 1.165) is 12.8 Å². The predicted molar refractivity (Wildman–Crippen MR) is 64.2 cm³/mol. The smallest absolute Gasteiger partial charge is 0.320 e. The Labute approximate surface area is 101 Å². The number of nitrogens with one attached hydrogen (secondary N) is 1. The summed E-state index contributed by atoms with van der Waals surface area (Å²) in [6.45, 7) is 2.25. The topological polar surface area (TPSA) is 49.3 Å². The van der Waals surface area contributed by atoms with E-state index in [-0.39, 0.29) is 12.4 Å². The largest absolute Gasteiger partial charge is 0.480 e. The van der Waals surface area contributed by atoms with Gasteiger partial charge < -0.3 is 10.4 Å². The second-order valence-corrected chi connectivity index (χ2v) is 4.01. The molecular formula is C13H18FNO2. The van der Waals surface area contributed by atoms with Crippen molar-refractivity contribution in [3.8, 4) is 0 Å². The highest BCUT2D eigenvalue weighted by atomic mass is 19.1. The fourth-order valence-electron chi connectivity index (χ4n) is 1.60. The average Bonchev–Trinajstić information content (AvgIpc) is 2.31. The maximum absolute atomic E-state index is 13.3. The van der Waals surface area contributed by atoms with Gasteiger partial charge >= 0.3 is 5.97 Å². The van der Waals surface area contributed by atoms with E-state index in [2.05, 4.69) is 5.32 Å². The van der Waals surface area contributed by atoms with Crippen LogP contribution in [-0.2, 0) is 11.3 Å². The van der Waals surface area contributed by atoms with Crippen molar-refractivity contribution in [2.45, 2.75) is 38.8 Å². The Morgan fingerprint density at radius 1 is 1.47 bits per heavy atom. The summed E-state index contributed by atoms with van der Waals surface area (Å²) in [6, 6.07) is 5.78. The first kappa shape index (κ1) is 13.6. The Balaban J connectivity index is 2.52. The van der Waals surface area contributed by atoms with Gasteiger partial charge in [-0.2, -0.15) is 0 Å². The van der Waals surface area contributed by atoms with Crippen molar-refractivity contribution in [1.82, 2.24) is 5.32 Å². The Kier molecular flexibility index (Phi) is 5.63. The normalized spacial score (nSPS) is 12.4. The molecule has 0 saturated carbocycles. The monoisotopic (exact) mass is 239 g/mol. The van der Waals surface area contributed by atoms with Crippen molar-refractivity contribution in [1.29, 1.82) is 0 Å². The van der Waals surface area contributed by atoms with Gasteiger partial charge in [-0.15, -0.1) is 0 Å². The molecular weight excluding hydrogens is 221 g/mol. The molecule has 0 aromatic heterocycles. The minimum atomic E-state index is -0.880. The summed E-state index contributed by atoms with van der Waals surface area (Å²) >= 11 is 0. The fraction of sp³-hybridized carbons (Fsp3) is 0.462. The zero-order chi connectivity index (χ0) is 12.7. The Hall–Kier alpha value is -1.42. The molecule has 94 valence electrons. The van der Waals surface area contributed by atoms with Gasteiger partial charge in [0.15, 0.2) is 0 Å². The molecule has 1 rings (SSSR count). The first-order valence-electron chi connectivity index (χ1n) is 5.84. The minimum absolute atomic E-state index is 0.243. The lowest BCUT2D eigenvalue weighted by atomic mass is 10.1. The van der Waals surface area contributed by atoms with Crippen molar-refractivity contribution < 1.29 is 14.3 Å². The van der Waals surface area contributed by atoms with Crippen LogP contribution in [0.2, 0.25) is 0 Å². The van der Waals surface area contributed by atoms with Crippen molar-refractivity contribution >= 4 is 5.97 Å². The van der Waals surface area contributed by atoms with Crippen LogP contribution in [0.3, 0.4) is 0 Å². The van der Waals surface area contributed by atoms with Crippen molar-refractivity contribution in [2.75, 3.05) is 0 Å². The fourth-order valence-corrected chi connectivity index (χ4v) is 1.60. The van der Waals surface area contributed by atoms with Crippen LogP contribution in [0.15, 0.2) is 24.3 Å². The van der Waals surface area contributed by atoms with Gasteiger partial charge in [-0.3, -0.25) is 4.79 Å². The molecule has 0 spiro atoms. The molecule has 0 aliphatic heterocycles. The SMILES string of the molecule is CCCCC(NCc1ccccc1F)C(=O)O. The van der Waals surface area contributed by atoms with Crippen molar-refractivity contribution in [3.05, 3.63) is 35.6 Å². The number of hydrogen-bond donors (Lipinski definition) is 2. The maximum atomic E-state index is 13.3. The van der Waals surface area contributed by atoms with Crippen LogP contribution in [0, 0.1) is 5.82 Å². The van der Waals surface area contributed by atoms with Gasteiger partial charge in [0.25, 0.3) is 0 Å². The molecule has 0 bridgehead atoms. The standard InChI is InChI=1S/C13H18FNO2/c1-2-3-8-12(13(16)17)15-9-10-6-4-5-7-11(10)14/h4-7,12,15H,2-3,8-9H2,1H3,(H,16,17). The number of hydrogen-bond acceptors (Lipinski definition) is 2. The lowest BCUT2D eigenvalue weighted by Crippen LogP contribution is -2.36. The molecule has 0 amide bonds. The van der Waals surface area contributed by atoms with Crippen LogP contribution in [-0.4, -0.2) is 17.1 Å². The van der Waals surface area contributed by atoms with Gasteiger partial charge in [-0.05, 0) is 12.5 Å². The zero-order valence-electron chi connectivity index (χ0n) is 9.95. The van der Waals surface area contributed by atoms with E-state index in [1.807, 2.05) is 6.92 Å². The summed E-state index contributed by atoms with van der Waals surface area (Å²) in [4.78, 5) is 11.0. The van der Waals surface area contributed by atoms with E-state index in [0.29, 0.717) is 12.0 Å². The van der Waals surface area contributed by atoms with E-state index in [1.165, 1.54) is 6.07 Å². The van der Waals surface area contributed by atoms with Gasteiger partial charge in [-0.1, -0.05) is 38.0 Å². The minimum Gasteiger partial charge on any atom is -0.480 e. The van der Waals surface area contributed by atoms with Gasteiger partial charge in [0.1, 0.15) is 11.9 Å². The summed E-state index contributed by atoms with van der Waals surface area (Å²) in [5, 5.41) is 11.9. The Morgan fingerprint density at radius 3 is 2.76 bits per heavy atom. The third kappa shape index (κ3) is 4.53. The van der Waals surface area contributed by atoms with Crippen molar-refractivity contribution in [3.63, 3.8) is 0 Å². The number of benzene rings is 1. The van der Waals surface area contributed by atoms with Crippen LogP contribution in [0.5, 0.6) is 0 Å². The molecule has 3 nitrogen and oxygen atoms in total. The van der Waals surface area contributed by atoms with Crippen LogP contribution >= 0.6 is 0 Å². The number of carboxylic acid groups (broad SMARTS) is 1. The zero-order valence-corrected chi connectivity index (χ0v) is 9.95. The molecule has 1 aromatic rings. The third-order valence-electron chi connectivity index (χ3n) is 2.64. The maximum Gasteiger partial charge on any atom is 0.320 e. The number of unbranched alkanes of at least 4 members (excludes halogenated alkanes) is 1. The van der Waals surface area contributed by atoms with E-state index >= 15 is 0 Å². The molecule has 4 heteroatoms. The highest BCUT2D eigenvalue weighted by molar-refractivity contribution is 5.73. The molecule has 1 aromatic carbocycles. The molecule has 17 heavy (non-hydrogen) atoms. The molecule has 0 fully saturated rings. The quantitative estimate of drug-likeness (QED) is 0.768. The van der Waals surface area contributed by atoms with E-state index in [4.69, 9.17) is 5.11 Å². The molecule has 0 radical (unpaired) electrons. The lowest BCUT2D eigenvalue weighted by molar-refractivity contribution is -0.139. The summed E-state index contributed by atoms with van der Waals surface area (Å²) < 4.78 is 13.3. The molecule has 2 N–H and O–H groups in total. The highest BCUT2D eigenvalue weighted by Crippen LogP contribution is 2.07. The number of rotatable bonds is 7. The Bertz CT molecular complexity index is 368. The first-order valence-corrected chi connectivity index (χ1v) is 5.84. The highest BCUT2D eigenvalue weighted by Gasteiger charge is 2.16. The first-order chi connectivity index (χ1) is 8.15. The van der Waals surface area contributed by atoms with Gasteiger partial charge in [0, 0.05) is 12.1 Å². The van der Waals surface area contributed by atoms with Gasteiger partial charge in [0.2, 0.25) is 0 Å². The number of halogens is 1. The summed E-state index contributed by atoms with van der Waals surface area (Å²) in [6.07, 6.45) is 2.37. The van der Waals surface area contributed by atoms with Gasteiger partial charge in [0.05, 0.1) is 0 Å². The number of aliphatic carboxylic acids is 1. The molecule has 0 aliphatic rings. The lowest BCUT2D eigenvalue weighted by Gasteiger charge is -2.14. The summed E-state index contributed by atoms with van der Waals surface area (Å²) in [5.41, 5.74) is 0.496. The number of carboxylic acids is 1. The molecule has 0 saturated heterocycles. The number of carbonyl (C=O) groups is 1. The van der Waals surface area contributed by atoms with E-state index in [9.17, 15) is 9.18 Å². The van der Waals surface area contributed by atoms with Gasteiger partial charge in [-0.25, -0.2) is 4.39 Å². The second kappa shape index (κ2) is 7.01. The summed E-state index contributed by atoms with van der Waals surface area (Å²) in [7, 11) is 0. The van der Waals surface area contributed by atoms with E-state index in [1.54, 1.807) is 18.2 Å². The van der Waals surface area contributed by atoms with Crippen LogP contribution < -0.4 is 5.32 Å². The van der Waals surface area contributed by atoms with Crippen LogP contribution in [0.1, 0.15) is 31.7 Å². The molecule has 0 heterocycles.